The van der Waals surface area contributed by atoms with Crippen molar-refractivity contribution in [3.8, 4) is 0 Å². The average molecular weight is 441 g/mol. The van der Waals surface area contributed by atoms with Crippen molar-refractivity contribution >= 4 is 11.8 Å². The third-order valence-electron chi connectivity index (χ3n) is 10.8. The van der Waals surface area contributed by atoms with Crippen LogP contribution in [-0.2, 0) is 9.59 Å². The summed E-state index contributed by atoms with van der Waals surface area (Å²) in [6, 6.07) is 0. The summed E-state index contributed by atoms with van der Waals surface area (Å²) in [6.07, 6.45) is 11.8. The van der Waals surface area contributed by atoms with Crippen molar-refractivity contribution in [2.45, 2.75) is 106 Å². The Morgan fingerprint density at radius 1 is 1.09 bits per heavy atom. The van der Waals surface area contributed by atoms with Crippen LogP contribution in [0.4, 0.5) is 0 Å². The van der Waals surface area contributed by atoms with E-state index in [1.54, 1.807) is 0 Å². The Morgan fingerprint density at radius 2 is 1.81 bits per heavy atom. The van der Waals surface area contributed by atoms with Crippen LogP contribution < -0.4 is 0 Å². The predicted molar refractivity (Wildman–Crippen MR) is 129 cm³/mol. The highest BCUT2D eigenvalue weighted by atomic mass is 16.4. The third-order valence-corrected chi connectivity index (χ3v) is 10.8. The van der Waals surface area contributed by atoms with Gasteiger partial charge in [-0.15, -0.1) is 0 Å². The molecule has 0 spiro atoms. The van der Waals surface area contributed by atoms with E-state index in [1.807, 2.05) is 0 Å². The predicted octanol–water partition coefficient (Wildman–Crippen LogP) is 7.36. The molecule has 0 aromatic carbocycles. The maximum Gasteiger partial charge on any atom is 0.314 e. The molecular formula is C29H44O3. The molecule has 2 fully saturated rings. The zero-order chi connectivity index (χ0) is 23.5. The molecule has 3 heteroatoms. The molecule has 2 saturated carbocycles. The summed E-state index contributed by atoms with van der Waals surface area (Å²) in [5.74, 6) is 1.35. The number of rotatable bonds is 5. The van der Waals surface area contributed by atoms with Gasteiger partial charge in [-0.25, -0.2) is 0 Å². The van der Waals surface area contributed by atoms with Crippen LogP contribution in [0.15, 0.2) is 22.8 Å². The number of carbonyl (C=O) groups is 2. The molecule has 4 aliphatic rings. The third kappa shape index (κ3) is 3.20. The average Bonchev–Trinajstić information content (AvgIpc) is 3.05. The van der Waals surface area contributed by atoms with Gasteiger partial charge in [0.05, 0.1) is 5.41 Å². The topological polar surface area (TPSA) is 54.4 Å². The maximum atomic E-state index is 13.2. The summed E-state index contributed by atoms with van der Waals surface area (Å²) in [5, 5.41) is 10.8. The van der Waals surface area contributed by atoms with E-state index in [0.29, 0.717) is 30.0 Å². The summed E-state index contributed by atoms with van der Waals surface area (Å²) in [4.78, 5) is 25.7. The van der Waals surface area contributed by atoms with Gasteiger partial charge >= 0.3 is 5.97 Å². The monoisotopic (exact) mass is 440 g/mol. The molecule has 0 aromatic rings. The summed E-state index contributed by atoms with van der Waals surface area (Å²) in [5.41, 5.74) is 3.25. The second-order valence-electron chi connectivity index (χ2n) is 12.4. The van der Waals surface area contributed by atoms with E-state index in [9.17, 15) is 14.7 Å². The molecule has 3 nitrogen and oxygen atoms in total. The molecule has 4 rings (SSSR count). The van der Waals surface area contributed by atoms with Crippen LogP contribution in [0.1, 0.15) is 106 Å². The van der Waals surface area contributed by atoms with Gasteiger partial charge in [0.25, 0.3) is 0 Å². The minimum atomic E-state index is -0.700. The van der Waals surface area contributed by atoms with Crippen LogP contribution in [-0.4, -0.2) is 16.9 Å². The Balaban J connectivity index is 1.73. The molecule has 0 bridgehead atoms. The van der Waals surface area contributed by atoms with Crippen LogP contribution in [0.3, 0.4) is 0 Å². The molecule has 0 aromatic heterocycles. The number of carboxylic acids is 1. The van der Waals surface area contributed by atoms with Crippen molar-refractivity contribution in [3.63, 3.8) is 0 Å². The minimum Gasteiger partial charge on any atom is -0.481 e. The molecule has 0 saturated heterocycles. The van der Waals surface area contributed by atoms with Gasteiger partial charge in [0.15, 0.2) is 0 Å². The van der Waals surface area contributed by atoms with Gasteiger partial charge in [0.1, 0.15) is 5.78 Å². The number of hydrogen-bond acceptors (Lipinski definition) is 2. The molecule has 1 N–H and O–H groups in total. The van der Waals surface area contributed by atoms with Crippen molar-refractivity contribution in [2.24, 2.45) is 39.9 Å². The lowest BCUT2D eigenvalue weighted by Crippen LogP contribution is -2.54. The zero-order valence-electron chi connectivity index (χ0n) is 21.2. The zero-order valence-corrected chi connectivity index (χ0v) is 21.2. The van der Waals surface area contributed by atoms with Crippen molar-refractivity contribution < 1.29 is 14.7 Å². The fraction of sp³-hybridized carbons (Fsp3) is 0.793. The Kier molecular flexibility index (Phi) is 6.04. The molecule has 0 radical (unpaired) electrons. The molecule has 0 amide bonds. The van der Waals surface area contributed by atoms with E-state index >= 15 is 0 Å². The van der Waals surface area contributed by atoms with E-state index in [0.717, 1.165) is 57.8 Å². The quantitative estimate of drug-likeness (QED) is 0.454. The molecule has 32 heavy (non-hydrogen) atoms. The van der Waals surface area contributed by atoms with E-state index in [1.165, 1.54) is 16.7 Å². The number of fused-ring (bicyclic) bond motifs is 4. The number of ketones is 1. The van der Waals surface area contributed by atoms with E-state index in [4.69, 9.17) is 0 Å². The number of aliphatic carboxylic acids is 1. The number of allylic oxidation sites excluding steroid dienone is 3. The van der Waals surface area contributed by atoms with Crippen LogP contribution in [0.25, 0.3) is 0 Å². The van der Waals surface area contributed by atoms with Gasteiger partial charge in [-0.05, 0) is 100 Å². The van der Waals surface area contributed by atoms with Gasteiger partial charge in [0.2, 0.25) is 0 Å². The Hall–Kier alpha value is -1.38. The summed E-state index contributed by atoms with van der Waals surface area (Å²) >= 11 is 0. The minimum absolute atomic E-state index is 0.0117. The lowest BCUT2D eigenvalue weighted by molar-refractivity contribution is -0.156. The second-order valence-corrected chi connectivity index (χ2v) is 12.4. The first-order valence-corrected chi connectivity index (χ1v) is 13.1. The Morgan fingerprint density at radius 3 is 2.47 bits per heavy atom. The summed E-state index contributed by atoms with van der Waals surface area (Å²) < 4.78 is 0. The highest BCUT2D eigenvalue weighted by Crippen LogP contribution is 2.71. The molecule has 0 aliphatic heterocycles. The van der Waals surface area contributed by atoms with Crippen LogP contribution in [0, 0.1) is 39.9 Å². The number of Topliss-reactive ketones (excluding diaryl/α,β-unsaturated/α-hetero) is 1. The van der Waals surface area contributed by atoms with Crippen molar-refractivity contribution in [1.82, 2.24) is 0 Å². The first kappa shape index (κ1) is 23.8. The lowest BCUT2D eigenvalue weighted by Gasteiger charge is -2.58. The standard InChI is InChI=1S/C29H44O3/c1-18(2)8-7-9-19(3)21-13-17-29(26(31)32)24-11-10-22-20(4)25(30)14-15-27(22,5)23(24)12-16-28(21,29)6/h8,19-22H,7,9-17H2,1-6H3,(H,31,32). The Labute approximate surface area is 195 Å². The van der Waals surface area contributed by atoms with E-state index < -0.39 is 11.4 Å². The SMILES string of the molecule is CC(C)=CCCC(C)C1CCC2(C(=O)O)C3=C(CCC12C)C1(C)CCC(=O)C(C)C1CC3. The largest absolute Gasteiger partial charge is 0.481 e. The van der Waals surface area contributed by atoms with Crippen molar-refractivity contribution in [2.75, 3.05) is 0 Å². The summed E-state index contributed by atoms with van der Waals surface area (Å²) in [6.45, 7) is 13.5. The van der Waals surface area contributed by atoms with Crippen LogP contribution in [0.2, 0.25) is 0 Å². The molecule has 0 heterocycles. The number of carbonyl (C=O) groups excluding carboxylic acids is 1. The van der Waals surface area contributed by atoms with Gasteiger partial charge in [0, 0.05) is 12.3 Å². The first-order chi connectivity index (χ1) is 15.0. The van der Waals surface area contributed by atoms with Crippen molar-refractivity contribution in [3.05, 3.63) is 22.8 Å². The molecule has 4 aliphatic carbocycles. The van der Waals surface area contributed by atoms with Gasteiger partial charge in [-0.2, -0.15) is 0 Å². The second kappa shape index (κ2) is 8.13. The molecule has 178 valence electrons. The van der Waals surface area contributed by atoms with Gasteiger partial charge in [-0.3, -0.25) is 9.59 Å². The highest BCUT2D eigenvalue weighted by Gasteiger charge is 2.67. The van der Waals surface area contributed by atoms with Crippen molar-refractivity contribution in [1.29, 1.82) is 0 Å². The molecule has 7 unspecified atom stereocenters. The molecule has 7 atom stereocenters. The van der Waals surface area contributed by atoms with Crippen LogP contribution in [0.5, 0.6) is 0 Å². The van der Waals surface area contributed by atoms with Gasteiger partial charge in [-0.1, -0.05) is 50.5 Å². The van der Waals surface area contributed by atoms with Crippen LogP contribution >= 0.6 is 0 Å². The normalized spacial score (nSPS) is 42.1. The van der Waals surface area contributed by atoms with Gasteiger partial charge < -0.3 is 5.11 Å². The Bertz CT molecular complexity index is 862. The fourth-order valence-corrected chi connectivity index (χ4v) is 9.02. The molecular weight excluding hydrogens is 396 g/mol. The number of hydrogen-bond donors (Lipinski definition) is 1. The van der Waals surface area contributed by atoms with E-state index in [-0.39, 0.29) is 16.7 Å². The van der Waals surface area contributed by atoms with E-state index in [2.05, 4.69) is 47.6 Å². The summed E-state index contributed by atoms with van der Waals surface area (Å²) in [7, 11) is 0. The smallest absolute Gasteiger partial charge is 0.314 e. The maximum absolute atomic E-state index is 13.2. The highest BCUT2D eigenvalue weighted by molar-refractivity contribution is 5.84. The first-order valence-electron chi connectivity index (χ1n) is 13.1. The fourth-order valence-electron chi connectivity index (χ4n) is 9.02. The lowest BCUT2D eigenvalue weighted by atomic mass is 9.45. The number of carboxylic acid groups (broad SMARTS) is 1.